The highest BCUT2D eigenvalue weighted by Crippen LogP contribution is 2.30. The van der Waals surface area contributed by atoms with Gasteiger partial charge in [-0.1, -0.05) is 11.3 Å². The molecule has 1 rings (SSSR count). The number of nitrogens with two attached hydrogens (primary N) is 1. The number of hydrogen-bond donors (Lipinski definition) is 2. The van der Waals surface area contributed by atoms with Crippen LogP contribution in [0.4, 0.5) is 5.13 Å². The lowest BCUT2D eigenvalue weighted by Gasteiger charge is -2.22. The molecule has 0 saturated heterocycles. The molecule has 0 spiro atoms. The van der Waals surface area contributed by atoms with Gasteiger partial charge < -0.3 is 11.1 Å². The normalized spacial score (nSPS) is 13.5. The van der Waals surface area contributed by atoms with Crippen molar-refractivity contribution in [2.24, 2.45) is 0 Å². The SMILES string of the molecule is CC(Sc1cnc(N)s1)C(=O)NC(C)(C)C. The molecule has 1 unspecified atom stereocenters. The third-order valence-electron chi connectivity index (χ3n) is 1.66. The third-order valence-corrected chi connectivity index (χ3v) is 3.73. The molecule has 4 nitrogen and oxygen atoms in total. The summed E-state index contributed by atoms with van der Waals surface area (Å²) < 4.78 is 0.967. The molecule has 1 aromatic rings. The second-order valence-corrected chi connectivity index (χ2v) is 7.22. The predicted octanol–water partition coefficient (Wildman–Crippen LogP) is 2.12. The first-order valence-electron chi connectivity index (χ1n) is 4.98. The molecule has 1 amide bonds. The van der Waals surface area contributed by atoms with E-state index in [1.165, 1.54) is 23.1 Å². The lowest BCUT2D eigenvalue weighted by molar-refractivity contribution is -0.121. The highest BCUT2D eigenvalue weighted by molar-refractivity contribution is 8.02. The minimum atomic E-state index is -0.196. The van der Waals surface area contributed by atoms with E-state index in [9.17, 15) is 4.79 Å². The van der Waals surface area contributed by atoms with E-state index in [2.05, 4.69) is 10.3 Å². The first kappa shape index (κ1) is 13.3. The Labute approximate surface area is 104 Å². The molecular formula is C10H17N3OS2. The van der Waals surface area contributed by atoms with Gasteiger partial charge in [-0.25, -0.2) is 4.98 Å². The van der Waals surface area contributed by atoms with E-state index in [1.807, 2.05) is 27.7 Å². The van der Waals surface area contributed by atoms with E-state index in [0.29, 0.717) is 5.13 Å². The Kier molecular flexibility index (Phi) is 4.21. The zero-order valence-electron chi connectivity index (χ0n) is 9.90. The van der Waals surface area contributed by atoms with Crippen molar-refractivity contribution < 1.29 is 4.79 Å². The van der Waals surface area contributed by atoms with Gasteiger partial charge in [0, 0.05) is 5.54 Å². The van der Waals surface area contributed by atoms with Gasteiger partial charge in [-0.2, -0.15) is 0 Å². The number of nitrogens with one attached hydrogen (secondary N) is 1. The fourth-order valence-corrected chi connectivity index (χ4v) is 2.95. The average molecular weight is 259 g/mol. The molecule has 16 heavy (non-hydrogen) atoms. The third kappa shape index (κ3) is 4.40. The molecule has 1 aromatic heterocycles. The lowest BCUT2D eigenvalue weighted by Crippen LogP contribution is -2.44. The minimum Gasteiger partial charge on any atom is -0.375 e. The summed E-state index contributed by atoms with van der Waals surface area (Å²) in [6, 6.07) is 0. The highest BCUT2D eigenvalue weighted by atomic mass is 32.2. The second kappa shape index (κ2) is 5.05. The summed E-state index contributed by atoms with van der Waals surface area (Å²) in [7, 11) is 0. The van der Waals surface area contributed by atoms with Crippen LogP contribution in [0.25, 0.3) is 0 Å². The van der Waals surface area contributed by atoms with Crippen LogP contribution in [0.15, 0.2) is 10.4 Å². The van der Waals surface area contributed by atoms with Gasteiger partial charge in [0.15, 0.2) is 5.13 Å². The number of thiazole rings is 1. The number of amides is 1. The van der Waals surface area contributed by atoms with Crippen LogP contribution in [0, 0.1) is 0 Å². The number of aromatic nitrogens is 1. The fraction of sp³-hybridized carbons (Fsp3) is 0.600. The zero-order valence-corrected chi connectivity index (χ0v) is 11.5. The standard InChI is InChI=1S/C10H17N3OS2/c1-6(8(14)13-10(2,3)4)15-7-5-12-9(11)16-7/h5-6H,1-4H3,(H2,11,12)(H,13,14). The van der Waals surface area contributed by atoms with Gasteiger partial charge in [0.05, 0.1) is 15.7 Å². The van der Waals surface area contributed by atoms with Crippen LogP contribution in [0.2, 0.25) is 0 Å². The Morgan fingerprint density at radius 1 is 1.62 bits per heavy atom. The van der Waals surface area contributed by atoms with E-state index in [0.717, 1.165) is 4.21 Å². The molecule has 3 N–H and O–H groups in total. The molecule has 6 heteroatoms. The van der Waals surface area contributed by atoms with E-state index >= 15 is 0 Å². The van der Waals surface area contributed by atoms with Gasteiger partial charge in [-0.05, 0) is 27.7 Å². The minimum absolute atomic E-state index is 0.0319. The summed E-state index contributed by atoms with van der Waals surface area (Å²) in [4.78, 5) is 15.7. The maximum atomic E-state index is 11.8. The van der Waals surface area contributed by atoms with Gasteiger partial charge in [0.25, 0.3) is 0 Å². The molecule has 0 aliphatic carbocycles. The number of carbonyl (C=O) groups is 1. The fourth-order valence-electron chi connectivity index (χ4n) is 1.03. The number of rotatable bonds is 3. The van der Waals surface area contributed by atoms with Gasteiger partial charge in [0.1, 0.15) is 0 Å². The van der Waals surface area contributed by atoms with Crippen LogP contribution >= 0.6 is 23.1 Å². The van der Waals surface area contributed by atoms with Crippen molar-refractivity contribution in [1.29, 1.82) is 0 Å². The van der Waals surface area contributed by atoms with E-state index in [-0.39, 0.29) is 16.7 Å². The van der Waals surface area contributed by atoms with Crippen LogP contribution in [-0.2, 0) is 4.79 Å². The van der Waals surface area contributed by atoms with Crippen LogP contribution in [0.3, 0.4) is 0 Å². The summed E-state index contributed by atoms with van der Waals surface area (Å²) in [5, 5.41) is 3.33. The van der Waals surface area contributed by atoms with Gasteiger partial charge in [0.2, 0.25) is 5.91 Å². The van der Waals surface area contributed by atoms with Crippen molar-refractivity contribution in [3.63, 3.8) is 0 Å². The molecule has 0 aliphatic heterocycles. The Hall–Kier alpha value is -0.750. The Bertz CT molecular complexity index is 370. The molecular weight excluding hydrogens is 242 g/mol. The molecule has 0 bridgehead atoms. The van der Waals surface area contributed by atoms with Gasteiger partial charge in [-0.15, -0.1) is 11.8 Å². The quantitative estimate of drug-likeness (QED) is 0.816. The van der Waals surface area contributed by atoms with E-state index in [4.69, 9.17) is 5.73 Å². The molecule has 0 aliphatic rings. The van der Waals surface area contributed by atoms with Crippen molar-refractivity contribution in [3.05, 3.63) is 6.20 Å². The predicted molar refractivity (Wildman–Crippen MR) is 69.7 cm³/mol. The average Bonchev–Trinajstić information content (AvgIpc) is 2.48. The van der Waals surface area contributed by atoms with Crippen molar-refractivity contribution in [3.8, 4) is 0 Å². The summed E-state index contributed by atoms with van der Waals surface area (Å²) >= 11 is 2.88. The van der Waals surface area contributed by atoms with Crippen LogP contribution in [0.5, 0.6) is 0 Å². The Balaban J connectivity index is 2.52. The number of nitrogen functional groups attached to an aromatic ring is 1. The number of carbonyl (C=O) groups excluding carboxylic acids is 1. The summed E-state index contributed by atoms with van der Waals surface area (Å²) in [6.45, 7) is 7.77. The first-order chi connectivity index (χ1) is 7.28. The van der Waals surface area contributed by atoms with E-state index < -0.39 is 0 Å². The maximum absolute atomic E-state index is 11.8. The van der Waals surface area contributed by atoms with Crippen LogP contribution in [-0.4, -0.2) is 21.7 Å². The number of thioether (sulfide) groups is 1. The summed E-state index contributed by atoms with van der Waals surface area (Å²) in [6.07, 6.45) is 1.70. The topological polar surface area (TPSA) is 68.0 Å². The monoisotopic (exact) mass is 259 g/mol. The van der Waals surface area contributed by atoms with Crippen LogP contribution in [0.1, 0.15) is 27.7 Å². The molecule has 0 fully saturated rings. The molecule has 1 heterocycles. The molecule has 90 valence electrons. The van der Waals surface area contributed by atoms with E-state index in [1.54, 1.807) is 6.20 Å². The summed E-state index contributed by atoms with van der Waals surface area (Å²) in [5.41, 5.74) is 5.33. The lowest BCUT2D eigenvalue weighted by atomic mass is 10.1. The molecule has 0 saturated carbocycles. The number of anilines is 1. The van der Waals surface area contributed by atoms with Crippen molar-refractivity contribution in [1.82, 2.24) is 10.3 Å². The largest absolute Gasteiger partial charge is 0.375 e. The van der Waals surface area contributed by atoms with Crippen LogP contribution < -0.4 is 11.1 Å². The number of hydrogen-bond acceptors (Lipinski definition) is 5. The molecule has 0 aromatic carbocycles. The molecule has 1 atom stereocenters. The van der Waals surface area contributed by atoms with Crippen molar-refractivity contribution >= 4 is 34.1 Å². The number of nitrogens with zero attached hydrogens (tertiary/aromatic N) is 1. The summed E-state index contributed by atoms with van der Waals surface area (Å²) in [5.74, 6) is 0.0319. The van der Waals surface area contributed by atoms with Crippen molar-refractivity contribution in [2.45, 2.75) is 42.7 Å². The molecule has 0 radical (unpaired) electrons. The first-order valence-corrected chi connectivity index (χ1v) is 6.67. The second-order valence-electron chi connectivity index (χ2n) is 4.52. The van der Waals surface area contributed by atoms with Gasteiger partial charge >= 0.3 is 0 Å². The van der Waals surface area contributed by atoms with Crippen molar-refractivity contribution in [2.75, 3.05) is 5.73 Å². The van der Waals surface area contributed by atoms with Gasteiger partial charge in [-0.3, -0.25) is 4.79 Å². The smallest absolute Gasteiger partial charge is 0.233 e. The highest BCUT2D eigenvalue weighted by Gasteiger charge is 2.20. The maximum Gasteiger partial charge on any atom is 0.233 e. The Morgan fingerprint density at radius 2 is 2.25 bits per heavy atom. The zero-order chi connectivity index (χ0) is 12.3. The Morgan fingerprint density at radius 3 is 2.69 bits per heavy atom.